The zero-order valence-corrected chi connectivity index (χ0v) is 15.8. The van der Waals surface area contributed by atoms with Crippen LogP contribution in [0, 0.1) is 13.8 Å². The van der Waals surface area contributed by atoms with Gasteiger partial charge in [-0.3, -0.25) is 4.68 Å². The number of aromatic amines is 1. The summed E-state index contributed by atoms with van der Waals surface area (Å²) in [6, 6.07) is 3.94. The number of nitrogens with one attached hydrogen (secondary N) is 1. The summed E-state index contributed by atoms with van der Waals surface area (Å²) >= 11 is 0. The number of aromatic nitrogens is 4. The van der Waals surface area contributed by atoms with Gasteiger partial charge in [0.25, 0.3) is 0 Å². The Morgan fingerprint density at radius 1 is 1.27 bits per heavy atom. The van der Waals surface area contributed by atoms with Crippen molar-refractivity contribution in [2.45, 2.75) is 25.2 Å². The van der Waals surface area contributed by atoms with E-state index in [0.29, 0.717) is 35.8 Å². The summed E-state index contributed by atoms with van der Waals surface area (Å²) in [6.07, 6.45) is 6.37. The van der Waals surface area contributed by atoms with Crippen molar-refractivity contribution < 1.29 is 8.42 Å². The number of sulfonamides is 1. The Kier molecular flexibility index (Phi) is 3.96. The highest BCUT2D eigenvalue weighted by Gasteiger charge is 2.31. The Bertz CT molecular complexity index is 1120. The molecule has 26 heavy (non-hydrogen) atoms. The van der Waals surface area contributed by atoms with Crippen molar-refractivity contribution in [2.24, 2.45) is 7.05 Å². The summed E-state index contributed by atoms with van der Waals surface area (Å²) in [5.74, 6) is 0. The number of aryl methyl sites for hydroxylation is 2. The van der Waals surface area contributed by atoms with Crippen LogP contribution in [0.2, 0.25) is 0 Å². The van der Waals surface area contributed by atoms with Crippen molar-refractivity contribution in [3.8, 4) is 0 Å². The second kappa shape index (κ2) is 6.07. The molecule has 4 rings (SSSR count). The molecule has 0 atom stereocenters. The van der Waals surface area contributed by atoms with Crippen molar-refractivity contribution >= 4 is 26.6 Å². The van der Waals surface area contributed by atoms with Crippen LogP contribution in [0.25, 0.3) is 16.6 Å². The highest BCUT2D eigenvalue weighted by molar-refractivity contribution is 7.89. The van der Waals surface area contributed by atoms with E-state index < -0.39 is 10.0 Å². The molecule has 3 aromatic rings. The van der Waals surface area contributed by atoms with Crippen molar-refractivity contribution in [1.29, 1.82) is 0 Å². The number of rotatable bonds is 3. The van der Waals surface area contributed by atoms with E-state index >= 15 is 0 Å². The molecule has 8 heteroatoms. The van der Waals surface area contributed by atoms with Gasteiger partial charge in [0.2, 0.25) is 10.0 Å². The van der Waals surface area contributed by atoms with E-state index in [4.69, 9.17) is 0 Å². The van der Waals surface area contributed by atoms with Crippen LogP contribution in [0.1, 0.15) is 23.4 Å². The monoisotopic (exact) mass is 371 g/mol. The molecule has 0 radical (unpaired) electrons. The number of hydrogen-bond acceptors (Lipinski definition) is 4. The van der Waals surface area contributed by atoms with Gasteiger partial charge in [-0.25, -0.2) is 13.4 Å². The topological polar surface area (TPSA) is 83.9 Å². The van der Waals surface area contributed by atoms with Crippen LogP contribution in [-0.2, 0) is 17.1 Å². The molecule has 0 saturated carbocycles. The zero-order valence-electron chi connectivity index (χ0n) is 15.0. The summed E-state index contributed by atoms with van der Waals surface area (Å²) < 4.78 is 29.3. The predicted octanol–water partition coefficient (Wildman–Crippen LogP) is 2.39. The summed E-state index contributed by atoms with van der Waals surface area (Å²) in [6.45, 7) is 4.34. The largest absolute Gasteiger partial charge is 0.346 e. The van der Waals surface area contributed by atoms with Crippen molar-refractivity contribution in [3.05, 3.63) is 47.6 Å². The fourth-order valence-corrected chi connectivity index (χ4v) is 5.37. The number of H-pyrrole nitrogens is 1. The summed E-state index contributed by atoms with van der Waals surface area (Å²) in [7, 11) is -1.79. The maximum absolute atomic E-state index is 13.1. The van der Waals surface area contributed by atoms with Gasteiger partial charge in [-0.1, -0.05) is 6.08 Å². The third-order valence-electron chi connectivity index (χ3n) is 5.01. The maximum atomic E-state index is 13.1. The molecule has 0 amide bonds. The highest BCUT2D eigenvalue weighted by Crippen LogP contribution is 2.31. The average Bonchev–Trinajstić information content (AvgIpc) is 3.16. The van der Waals surface area contributed by atoms with E-state index in [0.717, 1.165) is 22.2 Å². The first-order chi connectivity index (χ1) is 12.4. The van der Waals surface area contributed by atoms with Gasteiger partial charge in [0, 0.05) is 43.5 Å². The predicted molar refractivity (Wildman–Crippen MR) is 100 cm³/mol. The lowest BCUT2D eigenvalue weighted by Gasteiger charge is -2.26. The number of nitrogens with zero attached hydrogens (tertiary/aromatic N) is 4. The standard InChI is InChI=1S/C18H21N5O2S/c1-12-17(13(2)22(3)21-12)26(24,25)23-9-6-14(7-10-23)16-11-20-18-15(16)5-4-8-19-18/h4-6,8,11H,7,9-10H2,1-3H3,(H,19,20). The minimum atomic E-state index is -3.55. The van der Waals surface area contributed by atoms with E-state index in [1.807, 2.05) is 24.4 Å². The van der Waals surface area contributed by atoms with E-state index in [2.05, 4.69) is 15.1 Å². The van der Waals surface area contributed by atoms with Crippen LogP contribution in [0.4, 0.5) is 0 Å². The fourth-order valence-electron chi connectivity index (χ4n) is 3.59. The second-order valence-corrected chi connectivity index (χ2v) is 8.44. The van der Waals surface area contributed by atoms with Crippen molar-refractivity contribution in [3.63, 3.8) is 0 Å². The lowest BCUT2D eigenvalue weighted by Crippen LogP contribution is -2.35. The van der Waals surface area contributed by atoms with Gasteiger partial charge in [0.05, 0.1) is 11.4 Å². The average molecular weight is 371 g/mol. The Hall–Kier alpha value is -2.45. The molecule has 0 bridgehead atoms. The van der Waals surface area contributed by atoms with Crippen LogP contribution in [0.3, 0.4) is 0 Å². The van der Waals surface area contributed by atoms with Crippen LogP contribution in [-0.4, -0.2) is 45.6 Å². The van der Waals surface area contributed by atoms with Crippen molar-refractivity contribution in [2.75, 3.05) is 13.1 Å². The smallest absolute Gasteiger partial charge is 0.247 e. The first-order valence-electron chi connectivity index (χ1n) is 8.51. The lowest BCUT2D eigenvalue weighted by molar-refractivity contribution is 0.440. The molecule has 1 aliphatic heterocycles. The maximum Gasteiger partial charge on any atom is 0.247 e. The minimum Gasteiger partial charge on any atom is -0.346 e. The Morgan fingerprint density at radius 3 is 2.73 bits per heavy atom. The van der Waals surface area contributed by atoms with Gasteiger partial charge in [-0.15, -0.1) is 0 Å². The van der Waals surface area contributed by atoms with Gasteiger partial charge in [0.1, 0.15) is 10.5 Å². The highest BCUT2D eigenvalue weighted by atomic mass is 32.2. The molecule has 0 spiro atoms. The summed E-state index contributed by atoms with van der Waals surface area (Å²) in [5, 5.41) is 5.31. The fraction of sp³-hybridized carbons (Fsp3) is 0.333. The quantitative estimate of drug-likeness (QED) is 0.766. The van der Waals surface area contributed by atoms with E-state index in [1.165, 1.54) is 4.31 Å². The molecule has 4 heterocycles. The molecule has 136 valence electrons. The Balaban J connectivity index is 1.65. The summed E-state index contributed by atoms with van der Waals surface area (Å²) in [5.41, 5.74) is 4.30. The minimum absolute atomic E-state index is 0.327. The van der Waals surface area contributed by atoms with Gasteiger partial charge < -0.3 is 4.98 Å². The third kappa shape index (κ3) is 2.57. The molecule has 0 aromatic carbocycles. The first kappa shape index (κ1) is 17.0. The van der Waals surface area contributed by atoms with E-state index in [9.17, 15) is 8.42 Å². The Labute approximate surface area is 152 Å². The number of hydrogen-bond donors (Lipinski definition) is 1. The molecule has 0 aliphatic carbocycles. The molecular weight excluding hydrogens is 350 g/mol. The molecule has 3 aromatic heterocycles. The molecule has 1 N–H and O–H groups in total. The number of pyridine rings is 1. The summed E-state index contributed by atoms with van der Waals surface area (Å²) in [4.78, 5) is 7.82. The van der Waals surface area contributed by atoms with Gasteiger partial charge >= 0.3 is 0 Å². The molecule has 0 fully saturated rings. The molecule has 1 aliphatic rings. The molecule has 0 saturated heterocycles. The normalized spacial score (nSPS) is 16.2. The van der Waals surface area contributed by atoms with Crippen LogP contribution >= 0.6 is 0 Å². The third-order valence-corrected chi connectivity index (χ3v) is 7.13. The zero-order chi connectivity index (χ0) is 18.5. The van der Waals surface area contributed by atoms with E-state index in [-0.39, 0.29) is 0 Å². The lowest BCUT2D eigenvalue weighted by atomic mass is 10.0. The van der Waals surface area contributed by atoms with Crippen LogP contribution in [0.15, 0.2) is 35.5 Å². The Morgan fingerprint density at radius 2 is 2.08 bits per heavy atom. The van der Waals surface area contributed by atoms with Gasteiger partial charge in [-0.05, 0) is 38.0 Å². The first-order valence-corrected chi connectivity index (χ1v) is 9.95. The van der Waals surface area contributed by atoms with Crippen LogP contribution < -0.4 is 0 Å². The molecule has 7 nitrogen and oxygen atoms in total. The molecule has 0 unspecified atom stereocenters. The molecular formula is C18H21N5O2S. The van der Waals surface area contributed by atoms with Crippen LogP contribution in [0.5, 0.6) is 0 Å². The van der Waals surface area contributed by atoms with Gasteiger partial charge in [-0.2, -0.15) is 9.40 Å². The van der Waals surface area contributed by atoms with Crippen molar-refractivity contribution in [1.82, 2.24) is 24.1 Å². The second-order valence-electron chi connectivity index (χ2n) is 6.57. The SMILES string of the molecule is Cc1nn(C)c(C)c1S(=O)(=O)N1CC=C(c2c[nH]c3ncccc23)CC1. The van der Waals surface area contributed by atoms with Gasteiger partial charge in [0.15, 0.2) is 0 Å². The number of fused-ring (bicyclic) bond motifs is 1. The van der Waals surface area contributed by atoms with E-state index in [1.54, 1.807) is 31.8 Å².